The summed E-state index contributed by atoms with van der Waals surface area (Å²) in [7, 11) is 3.04. The minimum absolute atomic E-state index is 0.156. The van der Waals surface area contributed by atoms with Crippen molar-refractivity contribution in [1.82, 2.24) is 9.55 Å². The quantitative estimate of drug-likeness (QED) is 0.769. The van der Waals surface area contributed by atoms with Crippen molar-refractivity contribution >= 4 is 22.5 Å². The molecule has 0 saturated heterocycles. The van der Waals surface area contributed by atoms with Crippen molar-refractivity contribution in [3.63, 3.8) is 0 Å². The number of methoxy groups -OCH3 is 2. The number of nitrogens with one attached hydrogen (secondary N) is 1. The van der Waals surface area contributed by atoms with Gasteiger partial charge in [-0.2, -0.15) is 0 Å². The smallest absolute Gasteiger partial charge is 0.261 e. The lowest BCUT2D eigenvalue weighted by molar-refractivity contribution is -0.116. The van der Waals surface area contributed by atoms with Gasteiger partial charge in [0.15, 0.2) is 0 Å². The van der Waals surface area contributed by atoms with E-state index in [2.05, 4.69) is 10.3 Å². The topological polar surface area (TPSA) is 82.4 Å². The number of aromatic nitrogens is 2. The number of anilines is 1. The van der Waals surface area contributed by atoms with Gasteiger partial charge in [0, 0.05) is 6.07 Å². The van der Waals surface area contributed by atoms with Gasteiger partial charge in [0.25, 0.3) is 5.56 Å². The lowest BCUT2D eigenvalue weighted by atomic mass is 10.2. The monoisotopic (exact) mass is 339 g/mol. The van der Waals surface area contributed by atoms with E-state index in [-0.39, 0.29) is 18.0 Å². The zero-order valence-electron chi connectivity index (χ0n) is 13.9. The van der Waals surface area contributed by atoms with Crippen LogP contribution in [0.25, 0.3) is 10.9 Å². The van der Waals surface area contributed by atoms with E-state index < -0.39 is 0 Å². The molecule has 1 heterocycles. The van der Waals surface area contributed by atoms with Crippen LogP contribution in [-0.2, 0) is 11.3 Å². The molecule has 0 aliphatic rings. The summed E-state index contributed by atoms with van der Waals surface area (Å²) in [6, 6.07) is 12.1. The average molecular weight is 339 g/mol. The molecular weight excluding hydrogens is 322 g/mol. The third-order valence-corrected chi connectivity index (χ3v) is 3.73. The van der Waals surface area contributed by atoms with Crippen LogP contribution in [0.2, 0.25) is 0 Å². The van der Waals surface area contributed by atoms with Crippen LogP contribution in [0.4, 0.5) is 5.69 Å². The van der Waals surface area contributed by atoms with Crippen LogP contribution < -0.4 is 20.3 Å². The molecule has 0 aliphatic heterocycles. The predicted molar refractivity (Wildman–Crippen MR) is 94.2 cm³/mol. The van der Waals surface area contributed by atoms with Crippen LogP contribution in [-0.4, -0.2) is 29.7 Å². The fourth-order valence-electron chi connectivity index (χ4n) is 2.47. The third-order valence-electron chi connectivity index (χ3n) is 3.73. The van der Waals surface area contributed by atoms with Gasteiger partial charge in [-0.15, -0.1) is 0 Å². The Hall–Kier alpha value is -3.35. The molecule has 0 radical (unpaired) electrons. The second kappa shape index (κ2) is 7.04. The first-order chi connectivity index (χ1) is 12.1. The first-order valence-electron chi connectivity index (χ1n) is 7.58. The second-order valence-electron chi connectivity index (χ2n) is 5.31. The molecule has 1 N–H and O–H groups in total. The van der Waals surface area contributed by atoms with Crippen LogP contribution in [0.5, 0.6) is 11.5 Å². The maximum absolute atomic E-state index is 12.4. The van der Waals surface area contributed by atoms with Crippen molar-refractivity contribution in [3.8, 4) is 11.5 Å². The Labute approximate surface area is 143 Å². The summed E-state index contributed by atoms with van der Waals surface area (Å²) < 4.78 is 11.6. The molecule has 0 aliphatic carbocycles. The maximum atomic E-state index is 12.4. The van der Waals surface area contributed by atoms with E-state index in [1.807, 2.05) is 0 Å². The predicted octanol–water partition coefficient (Wildman–Crippen LogP) is 2.05. The van der Waals surface area contributed by atoms with E-state index in [1.54, 1.807) is 42.5 Å². The normalized spacial score (nSPS) is 10.5. The van der Waals surface area contributed by atoms with Gasteiger partial charge >= 0.3 is 0 Å². The number of amides is 1. The van der Waals surface area contributed by atoms with E-state index >= 15 is 0 Å². The molecule has 2 aromatic carbocycles. The van der Waals surface area contributed by atoms with Crippen LogP contribution in [0.1, 0.15) is 0 Å². The lowest BCUT2D eigenvalue weighted by Crippen LogP contribution is -2.28. The number of nitrogens with zero attached hydrogens (tertiary/aromatic N) is 2. The summed E-state index contributed by atoms with van der Waals surface area (Å²) in [4.78, 5) is 29.0. The summed E-state index contributed by atoms with van der Waals surface area (Å²) in [5.74, 6) is 0.713. The number of para-hydroxylation sites is 1. The number of fused-ring (bicyclic) bond motifs is 1. The Balaban J connectivity index is 1.84. The molecule has 3 rings (SSSR count). The molecule has 3 aromatic rings. The Morgan fingerprint density at radius 1 is 1.16 bits per heavy atom. The Bertz CT molecular complexity index is 981. The largest absolute Gasteiger partial charge is 0.497 e. The number of ether oxygens (including phenoxy) is 2. The molecule has 128 valence electrons. The summed E-state index contributed by atoms with van der Waals surface area (Å²) >= 11 is 0. The molecule has 0 atom stereocenters. The van der Waals surface area contributed by atoms with E-state index in [1.165, 1.54) is 25.1 Å². The van der Waals surface area contributed by atoms with Gasteiger partial charge in [0.1, 0.15) is 18.0 Å². The number of hydrogen-bond donors (Lipinski definition) is 1. The molecule has 7 heteroatoms. The van der Waals surface area contributed by atoms with E-state index in [0.717, 1.165) is 0 Å². The molecule has 25 heavy (non-hydrogen) atoms. The molecule has 0 spiro atoms. The zero-order chi connectivity index (χ0) is 17.8. The molecule has 0 bridgehead atoms. The van der Waals surface area contributed by atoms with E-state index in [0.29, 0.717) is 28.1 Å². The van der Waals surface area contributed by atoms with Gasteiger partial charge in [0.2, 0.25) is 5.91 Å². The summed E-state index contributed by atoms with van der Waals surface area (Å²) in [6.45, 7) is -0.156. The van der Waals surface area contributed by atoms with Crippen molar-refractivity contribution in [2.24, 2.45) is 0 Å². The summed E-state index contributed by atoms with van der Waals surface area (Å²) in [5.41, 5.74) is 0.797. The highest BCUT2D eigenvalue weighted by Crippen LogP contribution is 2.28. The number of hydrogen-bond acceptors (Lipinski definition) is 5. The molecule has 0 unspecified atom stereocenters. The van der Waals surface area contributed by atoms with Crippen molar-refractivity contribution in [3.05, 3.63) is 59.1 Å². The zero-order valence-corrected chi connectivity index (χ0v) is 13.9. The lowest BCUT2D eigenvalue weighted by Gasteiger charge is -2.12. The third kappa shape index (κ3) is 3.45. The highest BCUT2D eigenvalue weighted by atomic mass is 16.5. The minimum atomic E-state index is -0.370. The highest BCUT2D eigenvalue weighted by molar-refractivity contribution is 5.92. The fraction of sp³-hybridized carbons (Fsp3) is 0.167. The molecular formula is C18H17N3O4. The van der Waals surface area contributed by atoms with Crippen LogP contribution in [0.15, 0.2) is 53.6 Å². The van der Waals surface area contributed by atoms with Crippen LogP contribution in [0, 0.1) is 0 Å². The van der Waals surface area contributed by atoms with Gasteiger partial charge in [0.05, 0.1) is 37.1 Å². The standard InChI is InChI=1S/C18H17N3O4/c1-24-12-7-8-16(25-2)15(9-12)20-17(22)10-21-11-19-14-6-4-3-5-13(14)18(21)23/h3-9,11H,10H2,1-2H3,(H,20,22). The SMILES string of the molecule is COc1ccc(OC)c(NC(=O)Cn2cnc3ccccc3c2=O)c1. The van der Waals surface area contributed by atoms with Gasteiger partial charge in [-0.3, -0.25) is 14.2 Å². The molecule has 0 fully saturated rings. The molecule has 1 amide bonds. The first kappa shape index (κ1) is 16.5. The van der Waals surface area contributed by atoms with Crippen LogP contribution >= 0.6 is 0 Å². The van der Waals surface area contributed by atoms with E-state index in [4.69, 9.17) is 9.47 Å². The van der Waals surface area contributed by atoms with Crippen molar-refractivity contribution < 1.29 is 14.3 Å². The maximum Gasteiger partial charge on any atom is 0.261 e. The fourth-order valence-corrected chi connectivity index (χ4v) is 2.47. The van der Waals surface area contributed by atoms with Crippen molar-refractivity contribution in [1.29, 1.82) is 0 Å². The summed E-state index contributed by atoms with van der Waals surface area (Å²) in [6.07, 6.45) is 1.37. The number of carbonyl (C=O) groups is 1. The van der Waals surface area contributed by atoms with Gasteiger partial charge in [-0.1, -0.05) is 12.1 Å². The average Bonchev–Trinajstić information content (AvgIpc) is 2.64. The molecule has 1 aromatic heterocycles. The summed E-state index contributed by atoms with van der Waals surface area (Å²) in [5, 5.41) is 3.20. The molecule has 0 saturated carbocycles. The van der Waals surface area contributed by atoms with Gasteiger partial charge < -0.3 is 14.8 Å². The number of carbonyl (C=O) groups excluding carboxylic acids is 1. The van der Waals surface area contributed by atoms with Gasteiger partial charge in [-0.25, -0.2) is 4.98 Å². The van der Waals surface area contributed by atoms with Gasteiger partial charge in [-0.05, 0) is 24.3 Å². The molecule has 7 nitrogen and oxygen atoms in total. The van der Waals surface area contributed by atoms with E-state index in [9.17, 15) is 9.59 Å². The Morgan fingerprint density at radius 3 is 2.72 bits per heavy atom. The Morgan fingerprint density at radius 2 is 1.96 bits per heavy atom. The highest BCUT2D eigenvalue weighted by Gasteiger charge is 2.11. The number of rotatable bonds is 5. The first-order valence-corrected chi connectivity index (χ1v) is 7.58. The number of benzene rings is 2. The van der Waals surface area contributed by atoms with Crippen LogP contribution in [0.3, 0.4) is 0 Å². The second-order valence-corrected chi connectivity index (χ2v) is 5.31. The van der Waals surface area contributed by atoms with Crippen molar-refractivity contribution in [2.75, 3.05) is 19.5 Å². The Kier molecular flexibility index (Phi) is 4.65. The van der Waals surface area contributed by atoms with Crippen molar-refractivity contribution in [2.45, 2.75) is 6.54 Å². The minimum Gasteiger partial charge on any atom is -0.497 e.